The first kappa shape index (κ1) is 14.7. The van der Waals surface area contributed by atoms with E-state index >= 15 is 0 Å². The van der Waals surface area contributed by atoms with Gasteiger partial charge in [-0.1, -0.05) is 26.2 Å². The van der Waals surface area contributed by atoms with E-state index in [4.69, 9.17) is 9.47 Å². The number of rotatable bonds is 9. The first-order chi connectivity index (χ1) is 8.36. The number of ether oxygens (including phenoxy) is 2. The Labute approximate surface area is 105 Å². The highest BCUT2D eigenvalue weighted by molar-refractivity contribution is 5.49. The molecular formula is C14H26O3. The minimum Gasteiger partial charge on any atom is -0.353 e. The molecule has 3 heteroatoms. The van der Waals surface area contributed by atoms with Crippen LogP contribution >= 0.6 is 0 Å². The molecule has 0 aromatic rings. The van der Waals surface area contributed by atoms with Crippen LogP contribution in [0.15, 0.2) is 0 Å². The molecule has 0 bridgehead atoms. The standard InChI is InChI=1S/C14H26O3/c1-2-3-4-8-13(9-7-11-15)17-14-10-5-6-12-16-14/h11,13-14H,2-10,12H2,1H3. The highest BCUT2D eigenvalue weighted by Crippen LogP contribution is 2.20. The molecule has 1 aliphatic heterocycles. The van der Waals surface area contributed by atoms with Crippen LogP contribution in [0.4, 0.5) is 0 Å². The molecule has 0 aromatic carbocycles. The maximum Gasteiger partial charge on any atom is 0.157 e. The third-order valence-corrected chi connectivity index (χ3v) is 3.22. The van der Waals surface area contributed by atoms with Crippen LogP contribution in [0.25, 0.3) is 0 Å². The highest BCUT2D eigenvalue weighted by atomic mass is 16.7. The zero-order valence-electron chi connectivity index (χ0n) is 11.0. The van der Waals surface area contributed by atoms with Gasteiger partial charge >= 0.3 is 0 Å². The first-order valence-electron chi connectivity index (χ1n) is 7.07. The van der Waals surface area contributed by atoms with E-state index < -0.39 is 0 Å². The van der Waals surface area contributed by atoms with Gasteiger partial charge in [0.05, 0.1) is 6.10 Å². The Bertz CT molecular complexity index is 188. The second-order valence-electron chi connectivity index (χ2n) is 4.79. The molecule has 0 aliphatic carbocycles. The number of carbonyl (C=O) groups excluding carboxylic acids is 1. The Morgan fingerprint density at radius 2 is 2.24 bits per heavy atom. The maximum atomic E-state index is 10.4. The summed E-state index contributed by atoms with van der Waals surface area (Å²) < 4.78 is 11.5. The Kier molecular flexibility index (Phi) is 8.28. The highest BCUT2D eigenvalue weighted by Gasteiger charge is 2.19. The summed E-state index contributed by atoms with van der Waals surface area (Å²) in [7, 11) is 0. The fraction of sp³-hybridized carbons (Fsp3) is 0.929. The summed E-state index contributed by atoms with van der Waals surface area (Å²) in [5.74, 6) is 0. The van der Waals surface area contributed by atoms with Gasteiger partial charge in [-0.25, -0.2) is 0 Å². The van der Waals surface area contributed by atoms with E-state index in [9.17, 15) is 4.79 Å². The minimum absolute atomic E-state index is 0.0259. The van der Waals surface area contributed by atoms with E-state index in [0.29, 0.717) is 6.42 Å². The van der Waals surface area contributed by atoms with Crippen LogP contribution in [-0.4, -0.2) is 25.3 Å². The van der Waals surface area contributed by atoms with Crippen LogP contribution in [0.3, 0.4) is 0 Å². The molecule has 2 unspecified atom stereocenters. The van der Waals surface area contributed by atoms with Crippen LogP contribution in [0.1, 0.15) is 64.7 Å². The van der Waals surface area contributed by atoms with Crippen molar-refractivity contribution in [1.82, 2.24) is 0 Å². The third-order valence-electron chi connectivity index (χ3n) is 3.22. The van der Waals surface area contributed by atoms with E-state index in [1.807, 2.05) is 0 Å². The molecule has 1 heterocycles. The van der Waals surface area contributed by atoms with Crippen LogP contribution in [0, 0.1) is 0 Å². The molecule has 0 spiro atoms. The molecule has 17 heavy (non-hydrogen) atoms. The molecule has 0 N–H and O–H groups in total. The van der Waals surface area contributed by atoms with E-state index in [-0.39, 0.29) is 12.4 Å². The molecule has 1 fully saturated rings. The Balaban J connectivity index is 2.24. The van der Waals surface area contributed by atoms with Gasteiger partial charge in [0.1, 0.15) is 6.29 Å². The van der Waals surface area contributed by atoms with Crippen molar-refractivity contribution in [3.63, 3.8) is 0 Å². The Morgan fingerprint density at radius 3 is 2.88 bits per heavy atom. The molecule has 1 rings (SSSR count). The zero-order valence-corrected chi connectivity index (χ0v) is 11.0. The van der Waals surface area contributed by atoms with Gasteiger partial charge in [0.15, 0.2) is 6.29 Å². The quantitative estimate of drug-likeness (QED) is 0.459. The minimum atomic E-state index is -0.0259. The normalized spacial score (nSPS) is 22.3. The number of aldehydes is 1. The van der Waals surface area contributed by atoms with Crippen LogP contribution < -0.4 is 0 Å². The molecule has 2 atom stereocenters. The summed E-state index contributed by atoms with van der Waals surface area (Å²) in [5.41, 5.74) is 0. The second kappa shape index (κ2) is 9.60. The number of hydrogen-bond acceptors (Lipinski definition) is 3. The molecule has 1 aliphatic rings. The lowest BCUT2D eigenvalue weighted by atomic mass is 10.1. The SMILES string of the molecule is CCCCCC(CCC=O)OC1CCCCO1. The molecule has 1 saturated heterocycles. The number of unbranched alkanes of at least 4 members (excludes halogenated alkanes) is 2. The molecular weight excluding hydrogens is 216 g/mol. The molecule has 0 saturated carbocycles. The lowest BCUT2D eigenvalue weighted by molar-refractivity contribution is -0.190. The summed E-state index contributed by atoms with van der Waals surface area (Å²) >= 11 is 0. The molecule has 3 nitrogen and oxygen atoms in total. The number of carbonyl (C=O) groups is 1. The first-order valence-corrected chi connectivity index (χ1v) is 7.07. The van der Waals surface area contributed by atoms with Crippen molar-refractivity contribution in [2.75, 3.05) is 6.61 Å². The summed E-state index contributed by atoms with van der Waals surface area (Å²) in [4.78, 5) is 10.4. The van der Waals surface area contributed by atoms with E-state index in [1.54, 1.807) is 0 Å². The summed E-state index contributed by atoms with van der Waals surface area (Å²) in [5, 5.41) is 0. The number of hydrogen-bond donors (Lipinski definition) is 0. The second-order valence-corrected chi connectivity index (χ2v) is 4.79. The van der Waals surface area contributed by atoms with E-state index in [1.165, 1.54) is 25.7 Å². The van der Waals surface area contributed by atoms with Crippen molar-refractivity contribution in [1.29, 1.82) is 0 Å². The van der Waals surface area contributed by atoms with Gasteiger partial charge in [0, 0.05) is 13.0 Å². The van der Waals surface area contributed by atoms with Crippen molar-refractivity contribution >= 4 is 6.29 Å². The van der Waals surface area contributed by atoms with Gasteiger partial charge in [0.2, 0.25) is 0 Å². The van der Waals surface area contributed by atoms with Crippen molar-refractivity contribution in [3.05, 3.63) is 0 Å². The lowest BCUT2D eigenvalue weighted by Gasteiger charge is -2.27. The molecule has 100 valence electrons. The third kappa shape index (κ3) is 6.79. The van der Waals surface area contributed by atoms with Crippen molar-refractivity contribution in [2.24, 2.45) is 0 Å². The topological polar surface area (TPSA) is 35.5 Å². The average molecular weight is 242 g/mol. The summed E-state index contributed by atoms with van der Waals surface area (Å²) in [6.07, 6.45) is 10.7. The average Bonchev–Trinajstić information content (AvgIpc) is 2.37. The lowest BCUT2D eigenvalue weighted by Crippen LogP contribution is -2.28. The van der Waals surface area contributed by atoms with Crippen molar-refractivity contribution in [2.45, 2.75) is 77.1 Å². The van der Waals surface area contributed by atoms with Crippen LogP contribution in [0.5, 0.6) is 0 Å². The monoisotopic (exact) mass is 242 g/mol. The molecule has 0 aromatic heterocycles. The van der Waals surface area contributed by atoms with Gasteiger partial charge in [-0.2, -0.15) is 0 Å². The largest absolute Gasteiger partial charge is 0.353 e. The predicted molar refractivity (Wildman–Crippen MR) is 67.9 cm³/mol. The molecule has 0 radical (unpaired) electrons. The van der Waals surface area contributed by atoms with Gasteiger partial charge < -0.3 is 14.3 Å². The van der Waals surface area contributed by atoms with Crippen LogP contribution in [0.2, 0.25) is 0 Å². The van der Waals surface area contributed by atoms with Crippen molar-refractivity contribution in [3.8, 4) is 0 Å². The zero-order chi connectivity index (χ0) is 12.3. The maximum absolute atomic E-state index is 10.4. The van der Waals surface area contributed by atoms with E-state index in [0.717, 1.165) is 38.6 Å². The fourth-order valence-corrected chi connectivity index (χ4v) is 2.19. The smallest absolute Gasteiger partial charge is 0.157 e. The van der Waals surface area contributed by atoms with Gasteiger partial charge in [-0.05, 0) is 32.1 Å². The summed E-state index contributed by atoms with van der Waals surface area (Å²) in [6, 6.07) is 0. The van der Waals surface area contributed by atoms with Crippen molar-refractivity contribution < 1.29 is 14.3 Å². The fourth-order valence-electron chi connectivity index (χ4n) is 2.19. The van der Waals surface area contributed by atoms with Crippen LogP contribution in [-0.2, 0) is 14.3 Å². The van der Waals surface area contributed by atoms with Gasteiger partial charge in [-0.3, -0.25) is 0 Å². The Morgan fingerprint density at radius 1 is 1.35 bits per heavy atom. The molecule has 0 amide bonds. The Hall–Kier alpha value is -0.410. The predicted octanol–water partition coefficient (Wildman–Crippen LogP) is 3.46. The van der Waals surface area contributed by atoms with E-state index in [2.05, 4.69) is 6.92 Å². The summed E-state index contributed by atoms with van der Waals surface area (Å²) in [6.45, 7) is 3.02. The van der Waals surface area contributed by atoms with Gasteiger partial charge in [0.25, 0.3) is 0 Å². The van der Waals surface area contributed by atoms with Gasteiger partial charge in [-0.15, -0.1) is 0 Å².